The number of amides is 1. The Bertz CT molecular complexity index is 356. The molecule has 15 heavy (non-hydrogen) atoms. The molecule has 0 fully saturated rings. The summed E-state index contributed by atoms with van der Waals surface area (Å²) in [5.74, 6) is -0.429. The number of hydroxylamine groups is 2. The van der Waals surface area contributed by atoms with Crippen LogP contribution in [0.1, 0.15) is 10.4 Å². The van der Waals surface area contributed by atoms with Crippen molar-refractivity contribution < 1.29 is 19.7 Å². The summed E-state index contributed by atoms with van der Waals surface area (Å²) in [7, 11) is 1.13. The van der Waals surface area contributed by atoms with E-state index in [1.165, 1.54) is 26.3 Å². The topological polar surface area (TPSA) is 70.0 Å². The fourth-order valence-corrected chi connectivity index (χ4v) is 1.17. The van der Waals surface area contributed by atoms with Crippen LogP contribution in [0.15, 0.2) is 24.3 Å². The van der Waals surface area contributed by atoms with E-state index in [-0.39, 0.29) is 11.0 Å². The summed E-state index contributed by atoms with van der Waals surface area (Å²) in [6, 6.07) is 6.25. The third kappa shape index (κ3) is 2.56. The van der Waals surface area contributed by atoms with E-state index in [4.69, 9.17) is 14.9 Å². The van der Waals surface area contributed by atoms with Crippen molar-refractivity contribution >= 4 is 18.5 Å². The van der Waals surface area contributed by atoms with Gasteiger partial charge in [-0.15, -0.1) is 0 Å². The lowest BCUT2D eigenvalue weighted by atomic mass is 9.77. The molecule has 6 heteroatoms. The third-order valence-electron chi connectivity index (χ3n) is 2.03. The summed E-state index contributed by atoms with van der Waals surface area (Å²) < 4.78 is 0. The molecule has 0 aliphatic rings. The highest BCUT2D eigenvalue weighted by Gasteiger charge is 2.21. The first-order valence-electron chi connectivity index (χ1n) is 4.35. The molecule has 0 saturated heterocycles. The molecule has 0 saturated carbocycles. The molecule has 1 rings (SSSR count). The van der Waals surface area contributed by atoms with E-state index in [1.54, 1.807) is 12.1 Å². The average molecular weight is 209 g/mol. The molecule has 2 N–H and O–H groups in total. The summed E-state index contributed by atoms with van der Waals surface area (Å²) in [5, 5.41) is 19.1. The second kappa shape index (κ2) is 4.93. The smallest absolute Gasteiger partial charge is 0.423 e. The fourth-order valence-electron chi connectivity index (χ4n) is 1.17. The second-order valence-electron chi connectivity index (χ2n) is 2.95. The maximum absolute atomic E-state index is 11.7. The molecule has 0 atom stereocenters. The first-order valence-corrected chi connectivity index (χ1v) is 4.35. The number of hydrogen-bond donors (Lipinski definition) is 2. The van der Waals surface area contributed by atoms with Crippen LogP contribution in [0, 0.1) is 0 Å². The molecule has 5 nitrogen and oxygen atoms in total. The highest BCUT2D eigenvalue weighted by molar-refractivity contribution is 6.60. The molecule has 0 aliphatic heterocycles. The minimum absolute atomic E-state index is 0.159. The summed E-state index contributed by atoms with van der Waals surface area (Å²) in [6.45, 7) is 0. The van der Waals surface area contributed by atoms with Crippen LogP contribution in [0.2, 0.25) is 0 Å². The molecule has 1 amide bonds. The lowest BCUT2D eigenvalue weighted by Crippen LogP contribution is -2.38. The molecule has 1 aromatic carbocycles. The van der Waals surface area contributed by atoms with Crippen LogP contribution >= 0.6 is 0 Å². The van der Waals surface area contributed by atoms with Crippen LogP contribution in [-0.4, -0.2) is 42.3 Å². The van der Waals surface area contributed by atoms with Crippen molar-refractivity contribution in [3.05, 3.63) is 29.8 Å². The van der Waals surface area contributed by atoms with E-state index in [0.717, 1.165) is 5.06 Å². The molecule has 0 bridgehead atoms. The van der Waals surface area contributed by atoms with Gasteiger partial charge in [-0.3, -0.25) is 9.63 Å². The first-order chi connectivity index (χ1) is 7.07. The number of benzene rings is 1. The van der Waals surface area contributed by atoms with Crippen LogP contribution < -0.4 is 5.46 Å². The van der Waals surface area contributed by atoms with Crippen LogP contribution in [0.3, 0.4) is 0 Å². The number of carbonyl (C=O) groups is 1. The zero-order valence-electron chi connectivity index (χ0n) is 8.54. The Balaban J connectivity index is 3.08. The SMILES string of the molecule is CON(C)C(=O)c1ccccc1B(O)O. The van der Waals surface area contributed by atoms with E-state index in [2.05, 4.69) is 0 Å². The van der Waals surface area contributed by atoms with Gasteiger partial charge in [0, 0.05) is 12.6 Å². The van der Waals surface area contributed by atoms with Crippen molar-refractivity contribution in [1.29, 1.82) is 0 Å². The maximum Gasteiger partial charge on any atom is 0.489 e. The van der Waals surface area contributed by atoms with Gasteiger partial charge >= 0.3 is 7.12 Å². The van der Waals surface area contributed by atoms with Crippen LogP contribution in [-0.2, 0) is 4.84 Å². The third-order valence-corrected chi connectivity index (χ3v) is 2.03. The summed E-state index contributed by atoms with van der Waals surface area (Å²) in [6.07, 6.45) is 0. The normalized spacial score (nSPS) is 9.87. The molecule has 80 valence electrons. The number of rotatable bonds is 3. The van der Waals surface area contributed by atoms with Gasteiger partial charge in [0.05, 0.1) is 7.11 Å². The summed E-state index contributed by atoms with van der Waals surface area (Å²) in [4.78, 5) is 16.4. The molecule has 1 aromatic rings. The van der Waals surface area contributed by atoms with Crippen molar-refractivity contribution in [3.8, 4) is 0 Å². The van der Waals surface area contributed by atoms with E-state index in [9.17, 15) is 4.79 Å². The Morgan fingerprint density at radius 1 is 1.40 bits per heavy atom. The minimum atomic E-state index is -1.67. The number of carbonyl (C=O) groups excluding carboxylic acids is 1. The van der Waals surface area contributed by atoms with Crippen molar-refractivity contribution in [1.82, 2.24) is 5.06 Å². The summed E-state index contributed by atoms with van der Waals surface area (Å²) in [5.41, 5.74) is 0.364. The van der Waals surface area contributed by atoms with Gasteiger partial charge in [0.1, 0.15) is 0 Å². The zero-order chi connectivity index (χ0) is 11.4. The van der Waals surface area contributed by atoms with Gasteiger partial charge in [-0.25, -0.2) is 5.06 Å². The quantitative estimate of drug-likeness (QED) is 0.494. The van der Waals surface area contributed by atoms with Gasteiger partial charge in [0.25, 0.3) is 5.91 Å². The van der Waals surface area contributed by atoms with Crippen LogP contribution in [0.4, 0.5) is 0 Å². The van der Waals surface area contributed by atoms with Crippen molar-refractivity contribution in [2.24, 2.45) is 0 Å². The standard InChI is InChI=1S/C9H12BNO4/c1-11(15-2)9(12)7-5-3-4-6-8(7)10(13)14/h3-6,13-14H,1-2H3. The number of nitrogens with zero attached hydrogens (tertiary/aromatic N) is 1. The van der Waals surface area contributed by atoms with Crippen LogP contribution in [0.5, 0.6) is 0 Å². The molecule has 0 aromatic heterocycles. The Morgan fingerprint density at radius 2 is 2.00 bits per heavy atom. The average Bonchev–Trinajstić information content (AvgIpc) is 2.27. The van der Waals surface area contributed by atoms with Gasteiger partial charge in [-0.2, -0.15) is 0 Å². The Labute approximate surface area is 88.0 Å². The van der Waals surface area contributed by atoms with E-state index >= 15 is 0 Å². The molecular weight excluding hydrogens is 197 g/mol. The zero-order valence-corrected chi connectivity index (χ0v) is 8.54. The largest absolute Gasteiger partial charge is 0.489 e. The van der Waals surface area contributed by atoms with Gasteiger partial charge < -0.3 is 10.0 Å². The van der Waals surface area contributed by atoms with E-state index in [1.807, 2.05) is 0 Å². The summed E-state index contributed by atoms with van der Waals surface area (Å²) >= 11 is 0. The van der Waals surface area contributed by atoms with Crippen molar-refractivity contribution in [2.45, 2.75) is 0 Å². The van der Waals surface area contributed by atoms with E-state index in [0.29, 0.717) is 0 Å². The number of hydrogen-bond acceptors (Lipinski definition) is 4. The Kier molecular flexibility index (Phi) is 3.84. The lowest BCUT2D eigenvalue weighted by Gasteiger charge is -2.15. The second-order valence-corrected chi connectivity index (χ2v) is 2.95. The minimum Gasteiger partial charge on any atom is -0.423 e. The van der Waals surface area contributed by atoms with Gasteiger partial charge in [0.15, 0.2) is 0 Å². The first kappa shape index (κ1) is 11.7. The Hall–Kier alpha value is -1.37. The van der Waals surface area contributed by atoms with E-state index < -0.39 is 13.0 Å². The van der Waals surface area contributed by atoms with Crippen molar-refractivity contribution in [3.63, 3.8) is 0 Å². The lowest BCUT2D eigenvalue weighted by molar-refractivity contribution is -0.0756. The maximum atomic E-state index is 11.7. The fraction of sp³-hybridized carbons (Fsp3) is 0.222. The molecule has 0 unspecified atom stereocenters. The van der Waals surface area contributed by atoms with Crippen LogP contribution in [0.25, 0.3) is 0 Å². The predicted molar refractivity (Wildman–Crippen MR) is 55.4 cm³/mol. The molecule has 0 radical (unpaired) electrons. The molecular formula is C9H12BNO4. The highest BCUT2D eigenvalue weighted by Crippen LogP contribution is 2.01. The molecule has 0 heterocycles. The molecule has 0 spiro atoms. The predicted octanol–water partition coefficient (Wildman–Crippen LogP) is -1.00. The van der Waals surface area contributed by atoms with Gasteiger partial charge in [0.2, 0.25) is 0 Å². The van der Waals surface area contributed by atoms with Gasteiger partial charge in [-0.1, -0.05) is 18.2 Å². The molecule has 0 aliphatic carbocycles. The highest BCUT2D eigenvalue weighted by atomic mass is 16.7. The van der Waals surface area contributed by atoms with Gasteiger partial charge in [-0.05, 0) is 11.5 Å². The monoisotopic (exact) mass is 209 g/mol. The Morgan fingerprint density at radius 3 is 2.53 bits per heavy atom. The van der Waals surface area contributed by atoms with Crippen molar-refractivity contribution in [2.75, 3.05) is 14.2 Å².